The number of methoxy groups -OCH3 is 1. The van der Waals surface area contributed by atoms with Gasteiger partial charge in [-0.05, 0) is 49.4 Å². The highest BCUT2D eigenvalue weighted by Gasteiger charge is 2.25. The molecule has 1 unspecified atom stereocenters. The van der Waals surface area contributed by atoms with Crippen LogP contribution in [-0.4, -0.2) is 13.7 Å². The molecule has 1 heteroatoms. The van der Waals surface area contributed by atoms with Gasteiger partial charge in [-0.25, -0.2) is 0 Å². The van der Waals surface area contributed by atoms with E-state index in [0.717, 1.165) is 30.3 Å². The average molecular weight is 280 g/mol. The summed E-state index contributed by atoms with van der Waals surface area (Å²) < 4.78 is 5.31. The molecule has 0 aromatic rings. The maximum absolute atomic E-state index is 5.31. The number of hydrogen-bond donors (Lipinski definition) is 0. The summed E-state index contributed by atoms with van der Waals surface area (Å²) in [5.74, 6) is 3.90. The largest absolute Gasteiger partial charge is 0.384 e. The van der Waals surface area contributed by atoms with Gasteiger partial charge in [0.1, 0.15) is 0 Å². The number of hydrogen-bond acceptors (Lipinski definition) is 1. The van der Waals surface area contributed by atoms with Gasteiger partial charge < -0.3 is 4.74 Å². The monoisotopic (exact) mass is 280 g/mol. The predicted octanol–water partition coefficient (Wildman–Crippen LogP) is 5.83. The number of rotatable bonds is 7. The Hall–Kier alpha value is -0.0400. The van der Waals surface area contributed by atoms with E-state index >= 15 is 0 Å². The Morgan fingerprint density at radius 2 is 1.60 bits per heavy atom. The Morgan fingerprint density at radius 3 is 2.25 bits per heavy atom. The van der Waals surface area contributed by atoms with Gasteiger partial charge in [0.2, 0.25) is 0 Å². The molecule has 0 aliphatic heterocycles. The lowest BCUT2D eigenvalue weighted by atomic mass is 9.74. The van der Waals surface area contributed by atoms with Crippen LogP contribution in [0.25, 0.3) is 0 Å². The van der Waals surface area contributed by atoms with E-state index < -0.39 is 0 Å². The topological polar surface area (TPSA) is 9.23 Å². The Morgan fingerprint density at radius 1 is 0.900 bits per heavy atom. The summed E-state index contributed by atoms with van der Waals surface area (Å²) in [5, 5.41) is 0. The SMILES string of the molecule is COC[C@H]1CC[C@H](C(C)CCCC2CCCCC2)CC1. The Balaban J connectivity index is 1.56. The normalized spacial score (nSPS) is 30.3. The van der Waals surface area contributed by atoms with Gasteiger partial charge in [0.25, 0.3) is 0 Å². The fourth-order valence-electron chi connectivity index (χ4n) is 4.60. The molecule has 0 spiro atoms. The fraction of sp³-hybridized carbons (Fsp3) is 1.00. The van der Waals surface area contributed by atoms with E-state index in [-0.39, 0.29) is 0 Å². The second kappa shape index (κ2) is 9.07. The molecule has 0 heterocycles. The van der Waals surface area contributed by atoms with Gasteiger partial charge >= 0.3 is 0 Å². The lowest BCUT2D eigenvalue weighted by molar-refractivity contribution is 0.106. The lowest BCUT2D eigenvalue weighted by Gasteiger charge is -2.32. The quantitative estimate of drug-likeness (QED) is 0.570. The third-order valence-electron chi connectivity index (χ3n) is 6.10. The minimum absolute atomic E-state index is 0.852. The van der Waals surface area contributed by atoms with Crippen molar-refractivity contribution in [3.63, 3.8) is 0 Å². The highest BCUT2D eigenvalue weighted by atomic mass is 16.5. The molecule has 0 amide bonds. The third kappa shape index (κ3) is 5.39. The molecular weight excluding hydrogens is 244 g/mol. The van der Waals surface area contributed by atoms with E-state index in [4.69, 9.17) is 4.74 Å². The zero-order valence-corrected chi connectivity index (χ0v) is 13.9. The van der Waals surface area contributed by atoms with Gasteiger partial charge in [0.15, 0.2) is 0 Å². The minimum Gasteiger partial charge on any atom is -0.384 e. The van der Waals surface area contributed by atoms with Crippen molar-refractivity contribution >= 4 is 0 Å². The van der Waals surface area contributed by atoms with Gasteiger partial charge in [0, 0.05) is 13.7 Å². The predicted molar refractivity (Wildman–Crippen MR) is 86.9 cm³/mol. The molecule has 2 saturated carbocycles. The summed E-state index contributed by atoms with van der Waals surface area (Å²) >= 11 is 0. The number of ether oxygens (including phenoxy) is 1. The fourth-order valence-corrected chi connectivity index (χ4v) is 4.60. The summed E-state index contributed by atoms with van der Waals surface area (Å²) in [7, 11) is 1.85. The van der Waals surface area contributed by atoms with Crippen molar-refractivity contribution in [1.82, 2.24) is 0 Å². The van der Waals surface area contributed by atoms with Crippen LogP contribution in [0.15, 0.2) is 0 Å². The van der Waals surface area contributed by atoms with Crippen molar-refractivity contribution in [2.24, 2.45) is 23.7 Å². The molecule has 2 rings (SSSR count). The van der Waals surface area contributed by atoms with E-state index in [2.05, 4.69) is 6.92 Å². The van der Waals surface area contributed by atoms with Crippen LogP contribution in [0.1, 0.15) is 84.0 Å². The molecule has 0 saturated heterocycles. The van der Waals surface area contributed by atoms with E-state index in [1.165, 1.54) is 77.0 Å². The van der Waals surface area contributed by atoms with Gasteiger partial charge in [0.05, 0.1) is 0 Å². The molecule has 0 bridgehead atoms. The van der Waals surface area contributed by atoms with Crippen molar-refractivity contribution in [2.45, 2.75) is 84.0 Å². The Kier molecular flexibility index (Phi) is 7.41. The van der Waals surface area contributed by atoms with Crippen LogP contribution in [0.5, 0.6) is 0 Å². The third-order valence-corrected chi connectivity index (χ3v) is 6.10. The molecule has 118 valence electrons. The van der Waals surface area contributed by atoms with Gasteiger partial charge in [-0.2, -0.15) is 0 Å². The van der Waals surface area contributed by atoms with Crippen LogP contribution >= 0.6 is 0 Å². The van der Waals surface area contributed by atoms with Crippen LogP contribution in [-0.2, 0) is 4.74 Å². The van der Waals surface area contributed by atoms with Crippen LogP contribution in [0.2, 0.25) is 0 Å². The standard InChI is InChI=1S/C19H36O/c1-16(7-6-10-17-8-4-3-5-9-17)19-13-11-18(12-14-19)15-20-2/h16-19H,3-15H2,1-2H3/t16?,18-,19-. The first-order valence-corrected chi connectivity index (χ1v) is 9.28. The lowest BCUT2D eigenvalue weighted by Crippen LogP contribution is -2.22. The summed E-state index contributed by atoms with van der Waals surface area (Å²) in [6.07, 6.45) is 17.8. The summed E-state index contributed by atoms with van der Waals surface area (Å²) in [6, 6.07) is 0. The zero-order chi connectivity index (χ0) is 14.2. The van der Waals surface area contributed by atoms with Crippen molar-refractivity contribution in [3.8, 4) is 0 Å². The minimum atomic E-state index is 0.852. The Labute approximate surface area is 126 Å². The second-order valence-corrected chi connectivity index (χ2v) is 7.65. The molecule has 0 aromatic heterocycles. The Bertz CT molecular complexity index is 236. The molecular formula is C19H36O. The molecule has 1 nitrogen and oxygen atoms in total. The van der Waals surface area contributed by atoms with Crippen LogP contribution in [0, 0.1) is 23.7 Å². The highest BCUT2D eigenvalue weighted by Crippen LogP contribution is 2.36. The second-order valence-electron chi connectivity index (χ2n) is 7.65. The first-order valence-electron chi connectivity index (χ1n) is 9.28. The van der Waals surface area contributed by atoms with E-state index in [0.29, 0.717) is 0 Å². The van der Waals surface area contributed by atoms with Crippen LogP contribution < -0.4 is 0 Å². The van der Waals surface area contributed by atoms with Gasteiger partial charge in [-0.1, -0.05) is 58.3 Å². The summed E-state index contributed by atoms with van der Waals surface area (Å²) in [4.78, 5) is 0. The van der Waals surface area contributed by atoms with E-state index in [1.54, 1.807) is 0 Å². The maximum atomic E-state index is 5.31. The van der Waals surface area contributed by atoms with Crippen molar-refractivity contribution < 1.29 is 4.74 Å². The van der Waals surface area contributed by atoms with E-state index in [1.807, 2.05) is 7.11 Å². The maximum Gasteiger partial charge on any atom is 0.0490 e. The molecule has 2 fully saturated rings. The van der Waals surface area contributed by atoms with Gasteiger partial charge in [-0.3, -0.25) is 0 Å². The van der Waals surface area contributed by atoms with Crippen LogP contribution in [0.3, 0.4) is 0 Å². The molecule has 2 aliphatic rings. The van der Waals surface area contributed by atoms with Crippen molar-refractivity contribution in [3.05, 3.63) is 0 Å². The summed E-state index contributed by atoms with van der Waals surface area (Å²) in [5.41, 5.74) is 0. The highest BCUT2D eigenvalue weighted by molar-refractivity contribution is 4.76. The van der Waals surface area contributed by atoms with E-state index in [9.17, 15) is 0 Å². The van der Waals surface area contributed by atoms with Crippen LogP contribution in [0.4, 0.5) is 0 Å². The van der Waals surface area contributed by atoms with Crippen molar-refractivity contribution in [1.29, 1.82) is 0 Å². The molecule has 1 atom stereocenters. The molecule has 20 heavy (non-hydrogen) atoms. The van der Waals surface area contributed by atoms with Crippen molar-refractivity contribution in [2.75, 3.05) is 13.7 Å². The first kappa shape index (κ1) is 16.3. The molecule has 2 aliphatic carbocycles. The molecule has 0 radical (unpaired) electrons. The average Bonchev–Trinajstić information content (AvgIpc) is 2.49. The zero-order valence-electron chi connectivity index (χ0n) is 13.9. The van der Waals surface area contributed by atoms with Gasteiger partial charge in [-0.15, -0.1) is 0 Å². The smallest absolute Gasteiger partial charge is 0.0490 e. The summed E-state index contributed by atoms with van der Waals surface area (Å²) in [6.45, 7) is 3.50. The molecule has 0 N–H and O–H groups in total. The first-order chi connectivity index (χ1) is 9.79. The molecule has 0 aromatic carbocycles.